The van der Waals surface area contributed by atoms with E-state index in [9.17, 15) is 44.7 Å². The van der Waals surface area contributed by atoms with Gasteiger partial charge in [-0.15, -0.1) is 0 Å². The van der Waals surface area contributed by atoms with Crippen LogP contribution in [0.25, 0.3) is 0 Å². The Morgan fingerprint density at radius 2 is 0.790 bits per heavy atom. The van der Waals surface area contributed by atoms with Crippen LogP contribution in [0.4, 0.5) is 35.1 Å². The van der Waals surface area contributed by atoms with Crippen LogP contribution in [-0.4, -0.2) is 112 Å². The summed E-state index contributed by atoms with van der Waals surface area (Å²) >= 11 is 0. The van der Waals surface area contributed by atoms with Crippen LogP contribution < -0.4 is 0 Å². The highest BCUT2D eigenvalue weighted by Gasteiger charge is 2.71. The Kier molecular flexibility index (Phi) is 9.71. The van der Waals surface area contributed by atoms with Crippen LogP contribution >= 0.6 is 0 Å². The molecule has 0 N–H and O–H groups in total. The zero-order valence-electron chi connectivity index (χ0n) is 34.6. The third kappa shape index (κ3) is 6.56. The van der Waals surface area contributed by atoms with E-state index in [1.54, 1.807) is 0 Å². The summed E-state index contributed by atoms with van der Waals surface area (Å²) in [5.41, 5.74) is -3.46. The number of alkyl halides is 8. The molecule has 0 amide bonds. The third-order valence-corrected chi connectivity index (χ3v) is 17.8. The summed E-state index contributed by atoms with van der Waals surface area (Å²) < 4.78 is 164. The lowest BCUT2D eigenvalue weighted by molar-refractivity contribution is -0.385. The maximum atomic E-state index is 14.6. The van der Waals surface area contributed by atoms with Crippen molar-refractivity contribution in [3.8, 4) is 0 Å². The third-order valence-electron chi connectivity index (χ3n) is 17.8. The molecule has 4 saturated heterocycles. The first-order valence-electron chi connectivity index (χ1n) is 22.8. The largest absolute Gasteiger partial charge is 0.464 e. The summed E-state index contributed by atoms with van der Waals surface area (Å²) in [5.74, 6) is -21.1. The van der Waals surface area contributed by atoms with E-state index >= 15 is 0 Å². The van der Waals surface area contributed by atoms with Gasteiger partial charge in [0.2, 0.25) is 0 Å². The molecule has 2 spiro atoms. The van der Waals surface area contributed by atoms with E-state index in [1.807, 2.05) is 0 Å². The minimum atomic E-state index is -4.47. The molecule has 0 aromatic carbocycles. The molecule has 62 heavy (non-hydrogen) atoms. The number of rotatable bonds is 6. The number of ether oxygens (including phenoxy) is 8. The zero-order valence-corrected chi connectivity index (χ0v) is 34.6. The molecule has 4 aliphatic heterocycles. The highest BCUT2D eigenvalue weighted by atomic mass is 19.3. The molecule has 0 radical (unpaired) electrons. The van der Waals surface area contributed by atoms with Gasteiger partial charge in [-0.05, 0) is 120 Å². The van der Waals surface area contributed by atoms with Crippen LogP contribution in [0.15, 0.2) is 0 Å². The lowest BCUT2D eigenvalue weighted by atomic mass is 9.47. The number of carbonyl (C=O) groups excluding carboxylic acids is 2. The van der Waals surface area contributed by atoms with Crippen molar-refractivity contribution in [2.45, 2.75) is 144 Å². The molecular formula is C44H56F8O10. The Hall–Kier alpha value is -1.86. The fourth-order valence-corrected chi connectivity index (χ4v) is 15.2. The van der Waals surface area contributed by atoms with E-state index < -0.39 is 114 Å². The second kappa shape index (κ2) is 14.1. The standard InChI is InChI=1S/C44H56F8O10/c45-39(46)20-55-32-8-27-9-33(56-21-40(39,47)48)15-38(11-27,14-32)35(54)58-17-36(18-59-43(60-19-36)28-2-24-1-25(4-28)5-29(43)3-24)16-57-34(53)37-10-26-6-30(12-37)44(31(7-26)13-37)61-22-41(49,50)42(51,52)23-62-44/h24-33H,1-23H2. The molecule has 10 nitrogen and oxygen atoms in total. The van der Waals surface area contributed by atoms with Crippen molar-refractivity contribution < 1.29 is 82.6 Å². The number of hydrogen-bond acceptors (Lipinski definition) is 10. The van der Waals surface area contributed by atoms with Gasteiger partial charge in [0.05, 0.1) is 41.7 Å². The molecule has 4 atom stereocenters. The molecular weight excluding hydrogens is 840 g/mol. The number of hydrogen-bond donors (Lipinski definition) is 0. The fraction of sp³-hybridized carbons (Fsp3) is 0.955. The number of halogens is 8. The lowest BCUT2D eigenvalue weighted by Crippen LogP contribution is -2.66. The minimum Gasteiger partial charge on any atom is -0.464 e. The number of esters is 2. The van der Waals surface area contributed by atoms with E-state index in [-0.39, 0.29) is 75.8 Å². The molecule has 0 aromatic heterocycles. The second-order valence-electron chi connectivity index (χ2n) is 22.1. The molecule has 14 aliphatic rings. The van der Waals surface area contributed by atoms with Gasteiger partial charge in [-0.3, -0.25) is 9.59 Å². The molecule has 4 unspecified atom stereocenters. The average molecular weight is 897 g/mol. The molecule has 4 heterocycles. The summed E-state index contributed by atoms with van der Waals surface area (Å²) in [7, 11) is 0. The Bertz CT molecular complexity index is 1710. The van der Waals surface area contributed by atoms with Crippen molar-refractivity contribution in [1.82, 2.24) is 0 Å². The first-order valence-corrected chi connectivity index (χ1v) is 22.8. The van der Waals surface area contributed by atoms with Crippen LogP contribution in [0, 0.1) is 63.6 Å². The molecule has 18 heteroatoms. The predicted molar refractivity (Wildman–Crippen MR) is 195 cm³/mol. The average Bonchev–Trinajstić information content (AvgIpc) is 3.31. The quantitative estimate of drug-likeness (QED) is 0.194. The van der Waals surface area contributed by atoms with Crippen LogP contribution in [0.3, 0.4) is 0 Å². The van der Waals surface area contributed by atoms with Gasteiger partial charge in [0, 0.05) is 23.7 Å². The summed E-state index contributed by atoms with van der Waals surface area (Å²) in [6.45, 7) is -6.47. The Balaban J connectivity index is 0.822. The van der Waals surface area contributed by atoms with E-state index in [0.717, 1.165) is 25.7 Å². The van der Waals surface area contributed by atoms with E-state index in [4.69, 9.17) is 37.9 Å². The molecule has 14 rings (SSSR count). The molecule has 348 valence electrons. The SMILES string of the molecule is O=C(OCC1(COC(=O)C23CC4CC(C2)C2(OCC(F)(F)C(F)(F)CO2)C(C4)C3)COC2(OC1)C1CC3CC(C1)CC2C3)C12CC3CC(C1)OCC(F)(F)C(F)(F)COC(C3)C2. The summed E-state index contributed by atoms with van der Waals surface area (Å²) in [5, 5.41) is 0. The Labute approximate surface area is 354 Å². The maximum Gasteiger partial charge on any atom is 0.335 e. The number of fused-ring (bicyclic) bond motifs is 5. The normalized spacial score (nSPS) is 49.7. The smallest absolute Gasteiger partial charge is 0.335 e. The van der Waals surface area contributed by atoms with Gasteiger partial charge in [0.1, 0.15) is 39.6 Å². The van der Waals surface area contributed by atoms with Gasteiger partial charge in [0.15, 0.2) is 11.6 Å². The minimum absolute atomic E-state index is 0.00645. The first-order chi connectivity index (χ1) is 29.2. The Morgan fingerprint density at radius 1 is 0.419 bits per heavy atom. The summed E-state index contributed by atoms with van der Waals surface area (Å²) in [6.07, 6.45) is 6.10. The van der Waals surface area contributed by atoms with Crippen LogP contribution in [-0.2, 0) is 47.5 Å². The van der Waals surface area contributed by atoms with Gasteiger partial charge in [0.25, 0.3) is 0 Å². The molecule has 10 saturated carbocycles. The van der Waals surface area contributed by atoms with Gasteiger partial charge < -0.3 is 37.9 Å². The molecule has 12 bridgehead atoms. The van der Waals surface area contributed by atoms with Gasteiger partial charge in [-0.2, -0.15) is 35.1 Å². The Morgan fingerprint density at radius 3 is 1.26 bits per heavy atom. The van der Waals surface area contributed by atoms with Gasteiger partial charge in [-0.25, -0.2) is 0 Å². The van der Waals surface area contributed by atoms with Crippen molar-refractivity contribution in [1.29, 1.82) is 0 Å². The van der Waals surface area contributed by atoms with Gasteiger partial charge in [-0.1, -0.05) is 0 Å². The first kappa shape index (κ1) is 42.8. The van der Waals surface area contributed by atoms with E-state index in [2.05, 4.69) is 0 Å². The van der Waals surface area contributed by atoms with Crippen LogP contribution in [0.5, 0.6) is 0 Å². The zero-order chi connectivity index (χ0) is 43.3. The van der Waals surface area contributed by atoms with Crippen molar-refractivity contribution in [3.63, 3.8) is 0 Å². The van der Waals surface area contributed by atoms with Crippen LogP contribution in [0.1, 0.15) is 96.3 Å². The predicted octanol–water partition coefficient (Wildman–Crippen LogP) is 7.73. The van der Waals surface area contributed by atoms with Crippen molar-refractivity contribution in [2.75, 3.05) is 52.9 Å². The number of carbonyl (C=O) groups is 2. The van der Waals surface area contributed by atoms with E-state index in [0.29, 0.717) is 50.4 Å². The van der Waals surface area contributed by atoms with Crippen LogP contribution in [0.2, 0.25) is 0 Å². The highest BCUT2D eigenvalue weighted by molar-refractivity contribution is 5.78. The van der Waals surface area contributed by atoms with Crippen molar-refractivity contribution in [3.05, 3.63) is 0 Å². The molecule has 14 fully saturated rings. The lowest BCUT2D eigenvalue weighted by Gasteiger charge is -2.63. The summed E-state index contributed by atoms with van der Waals surface area (Å²) in [6, 6.07) is 0. The van der Waals surface area contributed by atoms with E-state index in [1.165, 1.54) is 6.42 Å². The maximum absolute atomic E-state index is 14.6. The second-order valence-corrected chi connectivity index (χ2v) is 22.1. The monoisotopic (exact) mass is 896 g/mol. The molecule has 0 aromatic rings. The summed E-state index contributed by atoms with van der Waals surface area (Å²) in [4.78, 5) is 28.9. The molecule has 10 aliphatic carbocycles. The van der Waals surface area contributed by atoms with Crippen molar-refractivity contribution in [2.24, 2.45) is 63.6 Å². The fourth-order valence-electron chi connectivity index (χ4n) is 15.2. The highest BCUT2D eigenvalue weighted by Crippen LogP contribution is 2.67. The topological polar surface area (TPSA) is 108 Å². The van der Waals surface area contributed by atoms with Gasteiger partial charge >= 0.3 is 35.6 Å². The van der Waals surface area contributed by atoms with Crippen molar-refractivity contribution >= 4 is 11.9 Å².